The van der Waals surface area contributed by atoms with Gasteiger partial charge < -0.3 is 9.47 Å². The van der Waals surface area contributed by atoms with E-state index in [1.54, 1.807) is 0 Å². The lowest BCUT2D eigenvalue weighted by atomic mass is 9.82. The molecule has 1 saturated heterocycles. The van der Waals surface area contributed by atoms with Gasteiger partial charge in [-0.2, -0.15) is 0 Å². The first-order chi connectivity index (χ1) is 7.38. The van der Waals surface area contributed by atoms with Crippen LogP contribution >= 0.6 is 0 Å². The summed E-state index contributed by atoms with van der Waals surface area (Å²) in [5.74, 6) is -0.425. The Hall–Kier alpha value is -0.0800. The van der Waals surface area contributed by atoms with Crippen molar-refractivity contribution in [2.24, 2.45) is 10.8 Å². The first-order valence-corrected chi connectivity index (χ1v) is 6.74. The standard InChI is InChI=1S/C15H30O2/c1-13(2,3)9-11-12(10-14(4,5)6)17-15(7,8)16-11/h11-12H,9-10H2,1-8H3/t11-,12?/m0/s1. The molecule has 0 aliphatic carbocycles. The molecule has 1 rings (SSSR count). The van der Waals surface area contributed by atoms with Crippen LogP contribution in [0.15, 0.2) is 0 Å². The van der Waals surface area contributed by atoms with Crippen LogP contribution in [0.1, 0.15) is 68.2 Å². The molecule has 1 aliphatic rings. The molecule has 0 aromatic rings. The summed E-state index contributed by atoms with van der Waals surface area (Å²) in [4.78, 5) is 0. The molecule has 1 aliphatic heterocycles. The summed E-state index contributed by atoms with van der Waals surface area (Å²) in [6.45, 7) is 17.6. The van der Waals surface area contributed by atoms with Crippen molar-refractivity contribution in [1.82, 2.24) is 0 Å². The zero-order valence-electron chi connectivity index (χ0n) is 12.9. The molecule has 1 fully saturated rings. The van der Waals surface area contributed by atoms with Crippen molar-refractivity contribution in [3.8, 4) is 0 Å². The van der Waals surface area contributed by atoms with Gasteiger partial charge in [-0.3, -0.25) is 0 Å². The third-order valence-corrected chi connectivity index (χ3v) is 2.91. The summed E-state index contributed by atoms with van der Waals surface area (Å²) < 4.78 is 12.1. The molecule has 1 heterocycles. The largest absolute Gasteiger partial charge is 0.345 e. The van der Waals surface area contributed by atoms with Gasteiger partial charge in [-0.1, -0.05) is 41.5 Å². The van der Waals surface area contributed by atoms with E-state index >= 15 is 0 Å². The lowest BCUT2D eigenvalue weighted by Crippen LogP contribution is -2.31. The summed E-state index contributed by atoms with van der Waals surface area (Å²) >= 11 is 0. The van der Waals surface area contributed by atoms with Gasteiger partial charge in [0.1, 0.15) is 0 Å². The quantitative estimate of drug-likeness (QED) is 0.715. The normalized spacial score (nSPS) is 29.6. The van der Waals surface area contributed by atoms with Gasteiger partial charge in [0, 0.05) is 0 Å². The van der Waals surface area contributed by atoms with Gasteiger partial charge in [-0.25, -0.2) is 0 Å². The second-order valence-corrected chi connectivity index (χ2v) is 8.24. The molecule has 0 aromatic heterocycles. The Morgan fingerprint density at radius 1 is 0.765 bits per heavy atom. The predicted molar refractivity (Wildman–Crippen MR) is 72.0 cm³/mol. The molecular formula is C15H30O2. The van der Waals surface area contributed by atoms with Gasteiger partial charge in [0.15, 0.2) is 5.79 Å². The number of hydrogen-bond donors (Lipinski definition) is 0. The molecular weight excluding hydrogens is 212 g/mol. The average Bonchev–Trinajstić information content (AvgIpc) is 2.17. The minimum Gasteiger partial charge on any atom is -0.345 e. The van der Waals surface area contributed by atoms with Crippen molar-refractivity contribution >= 4 is 0 Å². The highest BCUT2D eigenvalue weighted by Crippen LogP contribution is 2.39. The monoisotopic (exact) mass is 242 g/mol. The molecule has 102 valence electrons. The Kier molecular flexibility index (Phi) is 4.01. The van der Waals surface area contributed by atoms with Crippen LogP contribution in [0.2, 0.25) is 0 Å². The Balaban J connectivity index is 2.72. The van der Waals surface area contributed by atoms with Crippen molar-refractivity contribution < 1.29 is 9.47 Å². The molecule has 0 radical (unpaired) electrons. The van der Waals surface area contributed by atoms with Crippen LogP contribution in [0, 0.1) is 10.8 Å². The molecule has 0 N–H and O–H groups in total. The minimum atomic E-state index is -0.425. The van der Waals surface area contributed by atoms with Crippen LogP contribution in [0.4, 0.5) is 0 Å². The smallest absolute Gasteiger partial charge is 0.163 e. The second-order valence-electron chi connectivity index (χ2n) is 8.24. The Bertz CT molecular complexity index is 229. The van der Waals surface area contributed by atoms with E-state index < -0.39 is 5.79 Å². The Morgan fingerprint density at radius 3 is 1.29 bits per heavy atom. The fourth-order valence-corrected chi connectivity index (χ4v) is 2.46. The van der Waals surface area contributed by atoms with Crippen molar-refractivity contribution in [3.05, 3.63) is 0 Å². The highest BCUT2D eigenvalue weighted by atomic mass is 16.7. The molecule has 1 unspecified atom stereocenters. The fourth-order valence-electron chi connectivity index (χ4n) is 2.46. The van der Waals surface area contributed by atoms with Gasteiger partial charge in [-0.15, -0.1) is 0 Å². The number of ether oxygens (including phenoxy) is 2. The predicted octanol–water partition coefficient (Wildman–Crippen LogP) is 4.38. The lowest BCUT2D eigenvalue weighted by molar-refractivity contribution is -0.150. The molecule has 17 heavy (non-hydrogen) atoms. The molecule has 0 saturated carbocycles. The number of rotatable bonds is 2. The van der Waals surface area contributed by atoms with Gasteiger partial charge >= 0.3 is 0 Å². The van der Waals surface area contributed by atoms with Crippen LogP contribution in [-0.2, 0) is 9.47 Å². The van der Waals surface area contributed by atoms with Crippen LogP contribution in [0.5, 0.6) is 0 Å². The van der Waals surface area contributed by atoms with E-state index in [9.17, 15) is 0 Å². The van der Waals surface area contributed by atoms with Gasteiger partial charge in [0.05, 0.1) is 12.2 Å². The van der Waals surface area contributed by atoms with Crippen LogP contribution in [0.25, 0.3) is 0 Å². The van der Waals surface area contributed by atoms with E-state index in [-0.39, 0.29) is 23.0 Å². The van der Waals surface area contributed by atoms with Gasteiger partial charge in [0.2, 0.25) is 0 Å². The lowest BCUT2D eigenvalue weighted by Gasteiger charge is -2.29. The third kappa shape index (κ3) is 5.39. The summed E-state index contributed by atoms with van der Waals surface area (Å²) in [7, 11) is 0. The van der Waals surface area contributed by atoms with E-state index in [2.05, 4.69) is 41.5 Å². The Labute approximate surface area is 107 Å². The molecule has 0 aromatic carbocycles. The number of hydrogen-bond acceptors (Lipinski definition) is 2. The van der Waals surface area contributed by atoms with E-state index in [4.69, 9.17) is 9.47 Å². The maximum absolute atomic E-state index is 6.06. The van der Waals surface area contributed by atoms with E-state index in [1.807, 2.05) is 13.8 Å². The zero-order chi connectivity index (χ0) is 13.5. The summed E-state index contributed by atoms with van der Waals surface area (Å²) in [6.07, 6.45) is 2.56. The summed E-state index contributed by atoms with van der Waals surface area (Å²) in [5, 5.41) is 0. The van der Waals surface area contributed by atoms with Crippen molar-refractivity contribution in [2.45, 2.75) is 86.2 Å². The van der Waals surface area contributed by atoms with Crippen LogP contribution in [0.3, 0.4) is 0 Å². The highest BCUT2D eigenvalue weighted by molar-refractivity contribution is 4.87. The first-order valence-electron chi connectivity index (χ1n) is 6.74. The van der Waals surface area contributed by atoms with Crippen molar-refractivity contribution in [3.63, 3.8) is 0 Å². The summed E-state index contributed by atoms with van der Waals surface area (Å²) in [5.41, 5.74) is 0.565. The maximum Gasteiger partial charge on any atom is 0.163 e. The summed E-state index contributed by atoms with van der Waals surface area (Å²) in [6, 6.07) is 0. The van der Waals surface area contributed by atoms with E-state index in [0.717, 1.165) is 12.8 Å². The third-order valence-electron chi connectivity index (χ3n) is 2.91. The van der Waals surface area contributed by atoms with Crippen LogP contribution < -0.4 is 0 Å². The second kappa shape index (κ2) is 4.55. The Morgan fingerprint density at radius 2 is 1.06 bits per heavy atom. The molecule has 0 bridgehead atoms. The molecule has 0 spiro atoms. The van der Waals surface area contributed by atoms with Gasteiger partial charge in [0.25, 0.3) is 0 Å². The van der Waals surface area contributed by atoms with Crippen LogP contribution in [-0.4, -0.2) is 18.0 Å². The van der Waals surface area contributed by atoms with Gasteiger partial charge in [-0.05, 0) is 37.5 Å². The van der Waals surface area contributed by atoms with Crippen molar-refractivity contribution in [1.29, 1.82) is 0 Å². The molecule has 0 amide bonds. The topological polar surface area (TPSA) is 18.5 Å². The first kappa shape index (κ1) is 15.0. The average molecular weight is 242 g/mol. The molecule has 2 nitrogen and oxygen atoms in total. The highest BCUT2D eigenvalue weighted by Gasteiger charge is 2.43. The zero-order valence-corrected chi connectivity index (χ0v) is 12.9. The van der Waals surface area contributed by atoms with Crippen molar-refractivity contribution in [2.75, 3.05) is 0 Å². The SMILES string of the molecule is CC(C)(C)CC1OC(C)(C)O[C@H]1CC(C)(C)C. The minimum absolute atomic E-state index is 0.226. The maximum atomic E-state index is 6.06. The molecule has 2 heteroatoms. The van der Waals surface area contributed by atoms with E-state index in [0.29, 0.717) is 0 Å². The van der Waals surface area contributed by atoms with E-state index in [1.165, 1.54) is 0 Å². The molecule has 2 atom stereocenters. The fraction of sp³-hybridized carbons (Fsp3) is 1.00.